The van der Waals surface area contributed by atoms with E-state index in [1.807, 2.05) is 0 Å². The fourth-order valence-corrected chi connectivity index (χ4v) is 2.89. The Labute approximate surface area is 110 Å². The topological polar surface area (TPSA) is 44.8 Å². The van der Waals surface area contributed by atoms with E-state index in [1.165, 1.54) is 19.2 Å². The van der Waals surface area contributed by atoms with Crippen molar-refractivity contribution in [2.45, 2.75) is 12.8 Å². The minimum atomic E-state index is -0.350. The lowest BCUT2D eigenvalue weighted by molar-refractivity contribution is -0.145. The second-order valence-corrected chi connectivity index (χ2v) is 4.77. The molecule has 1 aromatic rings. The predicted octanol–water partition coefficient (Wildman–Crippen LogP) is 2.12. The minimum Gasteiger partial charge on any atom is -0.493 e. The van der Waals surface area contributed by atoms with E-state index in [9.17, 15) is 9.18 Å². The van der Waals surface area contributed by atoms with Crippen molar-refractivity contribution in [3.05, 3.63) is 23.5 Å². The van der Waals surface area contributed by atoms with E-state index in [4.69, 9.17) is 14.2 Å². The summed E-state index contributed by atoms with van der Waals surface area (Å²) in [4.78, 5) is 11.8. The number of hydrogen-bond acceptors (Lipinski definition) is 4. The molecule has 3 rings (SSSR count). The zero-order chi connectivity index (χ0) is 13.6. The molecule has 2 aliphatic rings. The normalized spacial score (nSPS) is 26.8. The highest BCUT2D eigenvalue weighted by molar-refractivity contribution is 5.79. The van der Waals surface area contributed by atoms with Gasteiger partial charge >= 0.3 is 5.97 Å². The summed E-state index contributed by atoms with van der Waals surface area (Å²) in [7, 11) is 1.51. The van der Waals surface area contributed by atoms with Crippen molar-refractivity contribution in [1.82, 2.24) is 0 Å². The molecule has 3 atom stereocenters. The van der Waals surface area contributed by atoms with E-state index >= 15 is 0 Å². The summed E-state index contributed by atoms with van der Waals surface area (Å²) in [6, 6.07) is 2.89. The van der Waals surface area contributed by atoms with Gasteiger partial charge in [0.05, 0.1) is 26.2 Å². The number of hydrogen-bond donors (Lipinski definition) is 0. The number of carbonyl (C=O) groups excluding carboxylic acids is 1. The first-order chi connectivity index (χ1) is 9.19. The van der Waals surface area contributed by atoms with Crippen LogP contribution in [0.3, 0.4) is 0 Å². The molecule has 0 bridgehead atoms. The number of esters is 1. The second-order valence-electron chi connectivity index (χ2n) is 4.77. The fraction of sp³-hybridized carbons (Fsp3) is 0.500. The van der Waals surface area contributed by atoms with Gasteiger partial charge in [-0.1, -0.05) is 0 Å². The average Bonchev–Trinajstić information content (AvgIpc) is 3.13. The number of rotatable bonds is 3. The molecule has 1 saturated carbocycles. The summed E-state index contributed by atoms with van der Waals surface area (Å²) in [6.45, 7) is 2.50. The highest BCUT2D eigenvalue weighted by atomic mass is 19.1. The Kier molecular flexibility index (Phi) is 2.84. The maximum atomic E-state index is 14.0. The smallest absolute Gasteiger partial charge is 0.309 e. The lowest BCUT2D eigenvalue weighted by Gasteiger charge is -2.19. The molecule has 102 valence electrons. The third-order valence-electron chi connectivity index (χ3n) is 3.81. The van der Waals surface area contributed by atoms with Gasteiger partial charge in [-0.2, -0.15) is 0 Å². The highest BCUT2D eigenvalue weighted by Crippen LogP contribution is 2.61. The van der Waals surface area contributed by atoms with Crippen molar-refractivity contribution in [2.75, 3.05) is 20.3 Å². The molecule has 0 radical (unpaired) electrons. The maximum Gasteiger partial charge on any atom is 0.309 e. The van der Waals surface area contributed by atoms with Crippen LogP contribution < -0.4 is 9.47 Å². The third kappa shape index (κ3) is 1.76. The summed E-state index contributed by atoms with van der Waals surface area (Å²) >= 11 is 0. The number of halogens is 1. The van der Waals surface area contributed by atoms with Crippen molar-refractivity contribution >= 4 is 5.97 Å². The van der Waals surface area contributed by atoms with Gasteiger partial charge in [-0.05, 0) is 19.1 Å². The largest absolute Gasteiger partial charge is 0.493 e. The van der Waals surface area contributed by atoms with Crippen LogP contribution in [-0.2, 0) is 9.53 Å². The van der Waals surface area contributed by atoms with Gasteiger partial charge in [0, 0.05) is 17.4 Å². The van der Waals surface area contributed by atoms with Crippen molar-refractivity contribution in [3.63, 3.8) is 0 Å². The summed E-state index contributed by atoms with van der Waals surface area (Å²) in [5.74, 6) is -0.0952. The number of methoxy groups -OCH3 is 1. The zero-order valence-corrected chi connectivity index (χ0v) is 10.8. The van der Waals surface area contributed by atoms with Gasteiger partial charge in [-0.3, -0.25) is 4.79 Å². The summed E-state index contributed by atoms with van der Waals surface area (Å²) in [5, 5.41) is 0. The highest BCUT2D eigenvalue weighted by Gasteiger charge is 2.61. The Morgan fingerprint density at radius 2 is 2.32 bits per heavy atom. The molecule has 1 aliphatic carbocycles. The average molecular weight is 266 g/mol. The minimum absolute atomic E-state index is 0.0214. The molecule has 5 heteroatoms. The predicted molar refractivity (Wildman–Crippen MR) is 64.8 cm³/mol. The van der Waals surface area contributed by atoms with Crippen molar-refractivity contribution in [3.8, 4) is 11.5 Å². The SMILES string of the molecule is CCOC(=O)C1C2COc3c(OC)ccc(F)c3C21. The molecule has 0 amide bonds. The molecular weight excluding hydrogens is 251 g/mol. The van der Waals surface area contributed by atoms with Crippen LogP contribution in [0.15, 0.2) is 12.1 Å². The van der Waals surface area contributed by atoms with Crippen LogP contribution in [0.25, 0.3) is 0 Å². The van der Waals surface area contributed by atoms with Gasteiger partial charge in [-0.25, -0.2) is 4.39 Å². The maximum absolute atomic E-state index is 14.0. The monoisotopic (exact) mass is 266 g/mol. The van der Waals surface area contributed by atoms with E-state index in [2.05, 4.69) is 0 Å². The summed E-state index contributed by atoms with van der Waals surface area (Å²) < 4.78 is 29.8. The Hall–Kier alpha value is -1.78. The van der Waals surface area contributed by atoms with Crippen LogP contribution in [-0.4, -0.2) is 26.3 Å². The molecule has 1 aromatic carbocycles. The van der Waals surface area contributed by atoms with Crippen molar-refractivity contribution in [1.29, 1.82) is 0 Å². The molecule has 0 spiro atoms. The Morgan fingerprint density at radius 1 is 1.53 bits per heavy atom. The van der Waals surface area contributed by atoms with E-state index < -0.39 is 0 Å². The lowest BCUT2D eigenvalue weighted by atomic mass is 10.0. The number of carbonyl (C=O) groups is 1. The number of benzene rings is 1. The standard InChI is InChI=1S/C14H15FO4/c1-3-18-14(16)11-7-6-19-13-9(17-2)5-4-8(15)12(13)10(7)11/h4-5,7,10-11H,3,6H2,1-2H3. The van der Waals surface area contributed by atoms with Gasteiger partial charge in [0.1, 0.15) is 5.82 Å². The van der Waals surface area contributed by atoms with E-state index in [0.717, 1.165) is 0 Å². The van der Waals surface area contributed by atoms with Crippen LogP contribution >= 0.6 is 0 Å². The van der Waals surface area contributed by atoms with Crippen LogP contribution in [0.5, 0.6) is 11.5 Å². The van der Waals surface area contributed by atoms with Gasteiger partial charge in [-0.15, -0.1) is 0 Å². The Morgan fingerprint density at radius 3 is 3.00 bits per heavy atom. The van der Waals surface area contributed by atoms with Gasteiger partial charge in [0.2, 0.25) is 0 Å². The second kappa shape index (κ2) is 4.40. The molecule has 3 unspecified atom stereocenters. The first-order valence-electron chi connectivity index (χ1n) is 6.34. The summed E-state index contributed by atoms with van der Waals surface area (Å²) in [6.07, 6.45) is 0. The molecule has 0 saturated heterocycles. The molecule has 1 heterocycles. The van der Waals surface area contributed by atoms with Crippen LogP contribution in [0, 0.1) is 17.7 Å². The molecule has 0 N–H and O–H groups in total. The molecule has 1 fully saturated rings. The molecule has 4 nitrogen and oxygen atoms in total. The molecule has 19 heavy (non-hydrogen) atoms. The molecular formula is C14H15FO4. The molecule has 1 aliphatic heterocycles. The first kappa shape index (κ1) is 12.3. The Bertz CT molecular complexity index is 528. The van der Waals surface area contributed by atoms with E-state index in [-0.39, 0.29) is 29.5 Å². The number of ether oxygens (including phenoxy) is 3. The van der Waals surface area contributed by atoms with Crippen LogP contribution in [0.1, 0.15) is 18.4 Å². The zero-order valence-electron chi connectivity index (χ0n) is 10.8. The number of fused-ring (bicyclic) bond motifs is 3. The first-order valence-corrected chi connectivity index (χ1v) is 6.34. The lowest BCUT2D eigenvalue weighted by Crippen LogP contribution is -2.11. The van der Waals surface area contributed by atoms with Crippen LogP contribution in [0.4, 0.5) is 4.39 Å². The quantitative estimate of drug-likeness (QED) is 0.786. The van der Waals surface area contributed by atoms with E-state index in [1.54, 1.807) is 6.92 Å². The van der Waals surface area contributed by atoms with E-state index in [0.29, 0.717) is 30.3 Å². The van der Waals surface area contributed by atoms with Gasteiger partial charge < -0.3 is 14.2 Å². The fourth-order valence-electron chi connectivity index (χ4n) is 2.89. The van der Waals surface area contributed by atoms with Gasteiger partial charge in [0.25, 0.3) is 0 Å². The van der Waals surface area contributed by atoms with Crippen molar-refractivity contribution in [2.24, 2.45) is 11.8 Å². The van der Waals surface area contributed by atoms with Crippen LogP contribution in [0.2, 0.25) is 0 Å². The molecule has 0 aromatic heterocycles. The Balaban J connectivity index is 1.96. The van der Waals surface area contributed by atoms with Crippen molar-refractivity contribution < 1.29 is 23.4 Å². The van der Waals surface area contributed by atoms with Gasteiger partial charge in [0.15, 0.2) is 11.5 Å². The third-order valence-corrected chi connectivity index (χ3v) is 3.81. The summed E-state index contributed by atoms with van der Waals surface area (Å²) in [5.41, 5.74) is 0.452.